The smallest absolute Gasteiger partial charge is 0.404 e. The molecule has 1 amide bonds. The number of carbonyl (C=O) groups is 1. The number of pyridine rings is 1. The topological polar surface area (TPSA) is 71.5 Å². The van der Waals surface area contributed by atoms with E-state index in [-0.39, 0.29) is 12.6 Å². The van der Waals surface area contributed by atoms with Crippen LogP contribution in [0.15, 0.2) is 42.7 Å². The minimum absolute atomic E-state index is 0.230. The monoisotopic (exact) mass is 284 g/mol. The Hall–Kier alpha value is -2.40. The molecule has 2 heterocycles. The molecule has 1 aliphatic rings. The van der Waals surface area contributed by atoms with Gasteiger partial charge in [-0.15, -0.1) is 0 Å². The lowest BCUT2D eigenvalue weighted by molar-refractivity contribution is 0.0427. The third-order valence-corrected chi connectivity index (χ3v) is 3.64. The highest BCUT2D eigenvalue weighted by Gasteiger charge is 2.21. The lowest BCUT2D eigenvalue weighted by atomic mass is 9.93. The van der Waals surface area contributed by atoms with Crippen LogP contribution >= 0.6 is 0 Å². The van der Waals surface area contributed by atoms with E-state index in [1.165, 1.54) is 5.56 Å². The van der Waals surface area contributed by atoms with Crippen LogP contribution in [0.3, 0.4) is 0 Å². The van der Waals surface area contributed by atoms with Gasteiger partial charge in [0.25, 0.3) is 0 Å². The number of benzene rings is 1. The van der Waals surface area contributed by atoms with Crippen LogP contribution in [-0.4, -0.2) is 29.3 Å². The van der Waals surface area contributed by atoms with Gasteiger partial charge in [0, 0.05) is 12.4 Å². The normalized spacial score (nSPS) is 17.0. The van der Waals surface area contributed by atoms with E-state index in [0.717, 1.165) is 23.1 Å². The second-order valence-corrected chi connectivity index (χ2v) is 4.94. The molecular weight excluding hydrogens is 268 g/mol. The standard InChI is InChI=1S/C16H16N2O3/c19-16(20)18-10-15-14-9-13(11-3-6-17-7-4-11)2-1-12(14)5-8-21-15/h1-4,6-7,9,15,18H,5,8,10H2,(H,19,20). The number of nitrogens with one attached hydrogen (secondary N) is 1. The van der Waals surface area contributed by atoms with Crippen LogP contribution in [0.25, 0.3) is 11.1 Å². The van der Waals surface area contributed by atoms with E-state index in [1.807, 2.05) is 12.1 Å². The third kappa shape index (κ3) is 3.03. The van der Waals surface area contributed by atoms with Crippen LogP contribution < -0.4 is 5.32 Å². The zero-order valence-corrected chi connectivity index (χ0v) is 11.5. The maximum absolute atomic E-state index is 10.7. The molecule has 1 aromatic heterocycles. The summed E-state index contributed by atoms with van der Waals surface area (Å²) in [6.45, 7) is 0.885. The Kier molecular flexibility index (Phi) is 3.83. The zero-order chi connectivity index (χ0) is 14.7. The molecule has 5 nitrogen and oxygen atoms in total. The summed E-state index contributed by atoms with van der Waals surface area (Å²) in [7, 11) is 0. The highest BCUT2D eigenvalue weighted by molar-refractivity contribution is 5.66. The number of ether oxygens (including phenoxy) is 1. The molecule has 2 N–H and O–H groups in total. The Balaban J connectivity index is 1.91. The maximum atomic E-state index is 10.7. The first-order valence-corrected chi connectivity index (χ1v) is 6.85. The minimum atomic E-state index is -1.03. The molecule has 1 aliphatic heterocycles. The largest absolute Gasteiger partial charge is 0.465 e. The molecule has 2 aromatic rings. The number of nitrogens with zero attached hydrogens (tertiary/aromatic N) is 1. The predicted octanol–water partition coefficient (Wildman–Crippen LogP) is 2.63. The van der Waals surface area contributed by atoms with Crippen molar-refractivity contribution in [3.05, 3.63) is 53.9 Å². The summed E-state index contributed by atoms with van der Waals surface area (Å²) in [6.07, 6.45) is 3.11. The summed E-state index contributed by atoms with van der Waals surface area (Å²) in [4.78, 5) is 14.7. The molecule has 1 atom stereocenters. The van der Waals surface area contributed by atoms with E-state index < -0.39 is 6.09 Å². The van der Waals surface area contributed by atoms with Crippen LogP contribution in [0.5, 0.6) is 0 Å². The van der Waals surface area contributed by atoms with E-state index in [2.05, 4.69) is 28.5 Å². The van der Waals surface area contributed by atoms with Crippen molar-refractivity contribution in [1.82, 2.24) is 10.3 Å². The van der Waals surface area contributed by atoms with Gasteiger partial charge in [0.15, 0.2) is 0 Å². The first kappa shape index (κ1) is 13.6. The fraction of sp³-hybridized carbons (Fsp3) is 0.250. The Morgan fingerprint density at radius 2 is 2.10 bits per heavy atom. The van der Waals surface area contributed by atoms with Gasteiger partial charge in [0.2, 0.25) is 0 Å². The molecule has 0 spiro atoms. The van der Waals surface area contributed by atoms with Crippen molar-refractivity contribution in [3.63, 3.8) is 0 Å². The Morgan fingerprint density at radius 3 is 2.86 bits per heavy atom. The average molecular weight is 284 g/mol. The SMILES string of the molecule is O=C(O)NCC1OCCc2ccc(-c3ccncc3)cc21. The van der Waals surface area contributed by atoms with Crippen molar-refractivity contribution in [2.75, 3.05) is 13.2 Å². The van der Waals surface area contributed by atoms with Crippen molar-refractivity contribution >= 4 is 6.09 Å². The third-order valence-electron chi connectivity index (χ3n) is 3.64. The fourth-order valence-corrected chi connectivity index (χ4v) is 2.60. The van der Waals surface area contributed by atoms with Crippen molar-refractivity contribution < 1.29 is 14.6 Å². The van der Waals surface area contributed by atoms with E-state index in [4.69, 9.17) is 9.84 Å². The van der Waals surface area contributed by atoms with Gasteiger partial charge >= 0.3 is 6.09 Å². The first-order valence-electron chi connectivity index (χ1n) is 6.85. The summed E-state index contributed by atoms with van der Waals surface area (Å²) in [5.41, 5.74) is 4.45. The molecule has 1 aromatic carbocycles. The van der Waals surface area contributed by atoms with E-state index in [0.29, 0.717) is 6.61 Å². The minimum Gasteiger partial charge on any atom is -0.465 e. The molecule has 1 unspecified atom stereocenters. The molecular formula is C16H16N2O3. The van der Waals surface area contributed by atoms with Gasteiger partial charge in [0.1, 0.15) is 6.10 Å². The highest BCUT2D eigenvalue weighted by atomic mass is 16.5. The number of rotatable bonds is 3. The highest BCUT2D eigenvalue weighted by Crippen LogP contribution is 2.31. The van der Waals surface area contributed by atoms with Gasteiger partial charge in [-0.05, 0) is 46.9 Å². The Bertz CT molecular complexity index is 643. The number of hydrogen-bond acceptors (Lipinski definition) is 3. The van der Waals surface area contributed by atoms with Crippen LogP contribution in [0, 0.1) is 0 Å². The summed E-state index contributed by atoms with van der Waals surface area (Å²) in [6, 6.07) is 10.2. The predicted molar refractivity (Wildman–Crippen MR) is 78.1 cm³/mol. The number of aromatic nitrogens is 1. The van der Waals surface area contributed by atoms with Crippen molar-refractivity contribution in [2.24, 2.45) is 0 Å². The van der Waals surface area contributed by atoms with Crippen LogP contribution in [0.1, 0.15) is 17.2 Å². The lowest BCUT2D eigenvalue weighted by Crippen LogP contribution is -2.30. The second-order valence-electron chi connectivity index (χ2n) is 4.94. The summed E-state index contributed by atoms with van der Waals surface area (Å²) in [5.74, 6) is 0. The Labute approximate surface area is 122 Å². The first-order chi connectivity index (χ1) is 10.2. The summed E-state index contributed by atoms with van der Waals surface area (Å²) < 4.78 is 5.71. The van der Waals surface area contributed by atoms with Crippen LogP contribution in [0.4, 0.5) is 4.79 Å². The maximum Gasteiger partial charge on any atom is 0.404 e. The molecule has 0 saturated carbocycles. The summed E-state index contributed by atoms with van der Waals surface area (Å²) >= 11 is 0. The lowest BCUT2D eigenvalue weighted by Gasteiger charge is -2.26. The van der Waals surface area contributed by atoms with E-state index in [1.54, 1.807) is 12.4 Å². The summed E-state index contributed by atoms with van der Waals surface area (Å²) in [5, 5.41) is 11.1. The van der Waals surface area contributed by atoms with E-state index >= 15 is 0 Å². The van der Waals surface area contributed by atoms with Gasteiger partial charge in [0.05, 0.1) is 13.2 Å². The van der Waals surface area contributed by atoms with Gasteiger partial charge < -0.3 is 15.2 Å². The number of fused-ring (bicyclic) bond motifs is 1. The van der Waals surface area contributed by atoms with Crippen molar-refractivity contribution in [3.8, 4) is 11.1 Å². The van der Waals surface area contributed by atoms with Crippen molar-refractivity contribution in [1.29, 1.82) is 0 Å². The molecule has 0 saturated heterocycles. The molecule has 108 valence electrons. The van der Waals surface area contributed by atoms with Gasteiger partial charge in [-0.2, -0.15) is 0 Å². The second kappa shape index (κ2) is 5.93. The van der Waals surface area contributed by atoms with Gasteiger partial charge in [-0.1, -0.05) is 12.1 Å². The van der Waals surface area contributed by atoms with Crippen LogP contribution in [0.2, 0.25) is 0 Å². The van der Waals surface area contributed by atoms with Crippen LogP contribution in [-0.2, 0) is 11.2 Å². The number of amides is 1. The van der Waals surface area contributed by atoms with Crippen molar-refractivity contribution in [2.45, 2.75) is 12.5 Å². The quantitative estimate of drug-likeness (QED) is 0.909. The van der Waals surface area contributed by atoms with Gasteiger partial charge in [-0.25, -0.2) is 4.79 Å². The molecule has 0 aliphatic carbocycles. The molecule has 0 radical (unpaired) electrons. The van der Waals surface area contributed by atoms with E-state index in [9.17, 15) is 4.79 Å². The molecule has 5 heteroatoms. The number of carboxylic acid groups (broad SMARTS) is 1. The zero-order valence-electron chi connectivity index (χ0n) is 11.5. The molecule has 0 fully saturated rings. The molecule has 21 heavy (non-hydrogen) atoms. The molecule has 0 bridgehead atoms. The molecule has 3 rings (SSSR count). The van der Waals surface area contributed by atoms with Gasteiger partial charge in [-0.3, -0.25) is 4.98 Å². The average Bonchev–Trinajstić information content (AvgIpc) is 2.53. The fourth-order valence-electron chi connectivity index (χ4n) is 2.60. The Morgan fingerprint density at radius 1 is 1.29 bits per heavy atom. The number of hydrogen-bond donors (Lipinski definition) is 2.